The van der Waals surface area contributed by atoms with E-state index in [2.05, 4.69) is 44.5 Å². The molecule has 3 N–H and O–H groups in total. The number of benzene rings is 2. The van der Waals surface area contributed by atoms with Crippen LogP contribution in [0.15, 0.2) is 79.0 Å². The van der Waals surface area contributed by atoms with E-state index in [0.717, 1.165) is 49.3 Å². The minimum atomic E-state index is -0.312. The van der Waals surface area contributed by atoms with Crippen molar-refractivity contribution in [1.29, 1.82) is 0 Å². The number of carbonyl (C=O) groups is 1. The van der Waals surface area contributed by atoms with Gasteiger partial charge in [-0.2, -0.15) is 0 Å². The lowest BCUT2D eigenvalue weighted by molar-refractivity contribution is 0.0908. The number of nitrogens with two attached hydrogens (primary N) is 1. The van der Waals surface area contributed by atoms with E-state index in [1.807, 2.05) is 19.1 Å². The van der Waals surface area contributed by atoms with E-state index in [9.17, 15) is 9.18 Å². The highest BCUT2D eigenvalue weighted by Crippen LogP contribution is 2.26. The highest BCUT2D eigenvalue weighted by atomic mass is 19.1. The lowest BCUT2D eigenvalue weighted by Crippen LogP contribution is -2.44. The summed E-state index contributed by atoms with van der Waals surface area (Å²) in [5.41, 5.74) is 12.1. The van der Waals surface area contributed by atoms with Crippen molar-refractivity contribution in [1.82, 2.24) is 20.2 Å². The lowest BCUT2D eigenvalue weighted by atomic mass is 10.0. The fraction of sp³-hybridized carbons (Fsp3) is 0.233. The molecule has 6 nitrogen and oxygen atoms in total. The molecule has 1 amide bonds. The first-order valence-electron chi connectivity index (χ1n) is 12.5. The molecule has 0 saturated carbocycles. The largest absolute Gasteiger partial charge is 0.383 e. The van der Waals surface area contributed by atoms with E-state index in [-0.39, 0.29) is 17.8 Å². The molecule has 0 radical (unpaired) electrons. The molecule has 7 heteroatoms. The number of halogens is 1. The zero-order chi connectivity index (χ0) is 25.8. The van der Waals surface area contributed by atoms with E-state index in [4.69, 9.17) is 5.73 Å². The Morgan fingerprint density at radius 1 is 1.03 bits per heavy atom. The number of hydrogen-bond donors (Lipinski definition) is 2. The SMILES string of the molecule is Cc1ccc(-c2cccc(CN3CCC(NC(=O)c4ccc(-c5cccc(F)c5)nc4)CC3)c2)c(N)n1. The van der Waals surface area contributed by atoms with Gasteiger partial charge in [-0.05, 0) is 73.4 Å². The number of nitrogens with one attached hydrogen (secondary N) is 1. The Morgan fingerprint density at radius 2 is 1.81 bits per heavy atom. The number of hydrogen-bond acceptors (Lipinski definition) is 5. The summed E-state index contributed by atoms with van der Waals surface area (Å²) in [6.45, 7) is 4.59. The molecule has 4 aromatic rings. The first kappa shape index (κ1) is 24.6. The van der Waals surface area contributed by atoms with Crippen LogP contribution in [0.2, 0.25) is 0 Å². The van der Waals surface area contributed by atoms with Gasteiger partial charge in [0.15, 0.2) is 0 Å². The van der Waals surface area contributed by atoms with Crippen LogP contribution in [-0.4, -0.2) is 39.9 Å². The van der Waals surface area contributed by atoms with Crippen molar-refractivity contribution in [3.63, 3.8) is 0 Å². The molecule has 188 valence electrons. The number of carbonyl (C=O) groups excluding carboxylic acids is 1. The topological polar surface area (TPSA) is 84.1 Å². The standard InChI is InChI=1S/C30H30FN5O/c1-20-8-10-27(29(32)34-20)22-5-2-4-21(16-22)19-36-14-12-26(13-15-36)35-30(37)24-9-11-28(33-18-24)23-6-3-7-25(31)17-23/h2-11,16-18,26H,12-15,19H2,1H3,(H2,32,34)(H,35,37). The van der Waals surface area contributed by atoms with Gasteiger partial charge in [-0.15, -0.1) is 0 Å². The molecular weight excluding hydrogens is 465 g/mol. The number of rotatable bonds is 6. The van der Waals surface area contributed by atoms with Crippen LogP contribution < -0.4 is 11.1 Å². The predicted molar refractivity (Wildman–Crippen MR) is 144 cm³/mol. The van der Waals surface area contributed by atoms with Gasteiger partial charge >= 0.3 is 0 Å². The monoisotopic (exact) mass is 495 g/mol. The first-order valence-corrected chi connectivity index (χ1v) is 12.5. The third-order valence-corrected chi connectivity index (χ3v) is 6.78. The molecule has 1 aliphatic heterocycles. The molecule has 0 aliphatic carbocycles. The van der Waals surface area contributed by atoms with Gasteiger partial charge in [0.2, 0.25) is 0 Å². The molecule has 0 atom stereocenters. The third-order valence-electron chi connectivity index (χ3n) is 6.78. The fourth-order valence-corrected chi connectivity index (χ4v) is 4.77. The first-order chi connectivity index (χ1) is 17.9. The molecule has 5 rings (SSSR count). The third kappa shape index (κ3) is 6.01. The Kier molecular flexibility index (Phi) is 7.23. The molecule has 0 spiro atoms. The van der Waals surface area contributed by atoms with Crippen LogP contribution in [0.1, 0.15) is 34.5 Å². The van der Waals surface area contributed by atoms with Crippen molar-refractivity contribution < 1.29 is 9.18 Å². The van der Waals surface area contributed by atoms with Gasteiger partial charge in [-0.3, -0.25) is 14.7 Å². The molecule has 0 unspecified atom stereocenters. The molecule has 1 aliphatic rings. The maximum absolute atomic E-state index is 13.5. The molecule has 0 bridgehead atoms. The van der Waals surface area contributed by atoms with Crippen molar-refractivity contribution in [3.05, 3.63) is 102 Å². The number of likely N-dealkylation sites (tertiary alicyclic amines) is 1. The van der Waals surface area contributed by atoms with Gasteiger partial charge < -0.3 is 11.1 Å². The van der Waals surface area contributed by atoms with Gasteiger partial charge in [-0.1, -0.05) is 30.3 Å². The summed E-state index contributed by atoms with van der Waals surface area (Å²) in [5, 5.41) is 3.14. The summed E-state index contributed by atoms with van der Waals surface area (Å²) < 4.78 is 13.5. The summed E-state index contributed by atoms with van der Waals surface area (Å²) in [6.07, 6.45) is 3.32. The molecule has 37 heavy (non-hydrogen) atoms. The number of pyridine rings is 2. The Hall–Kier alpha value is -4.10. The van der Waals surface area contributed by atoms with Crippen LogP contribution in [0.25, 0.3) is 22.4 Å². The number of anilines is 1. The summed E-state index contributed by atoms with van der Waals surface area (Å²) in [6, 6.07) is 22.3. The highest BCUT2D eigenvalue weighted by molar-refractivity contribution is 5.94. The Labute approximate surface area is 216 Å². The van der Waals surface area contributed by atoms with Gasteiger partial charge in [0.1, 0.15) is 11.6 Å². The molecule has 3 heterocycles. The average Bonchev–Trinajstić information content (AvgIpc) is 2.90. The van der Waals surface area contributed by atoms with E-state index < -0.39 is 0 Å². The number of amides is 1. The fourth-order valence-electron chi connectivity index (χ4n) is 4.77. The van der Waals surface area contributed by atoms with Crippen molar-refractivity contribution in [3.8, 4) is 22.4 Å². The average molecular weight is 496 g/mol. The van der Waals surface area contributed by atoms with E-state index in [1.165, 1.54) is 17.7 Å². The van der Waals surface area contributed by atoms with Crippen LogP contribution in [0, 0.1) is 12.7 Å². The molecule has 2 aromatic heterocycles. The van der Waals surface area contributed by atoms with E-state index in [0.29, 0.717) is 22.6 Å². The summed E-state index contributed by atoms with van der Waals surface area (Å²) >= 11 is 0. The summed E-state index contributed by atoms with van der Waals surface area (Å²) in [4.78, 5) is 23.9. The van der Waals surface area contributed by atoms with E-state index >= 15 is 0 Å². The Bertz CT molecular complexity index is 1400. The number of nitrogen functional groups attached to an aromatic ring is 1. The Balaban J connectivity index is 1.14. The second kappa shape index (κ2) is 10.9. The van der Waals surface area contributed by atoms with Crippen LogP contribution in [-0.2, 0) is 6.54 Å². The Morgan fingerprint density at radius 3 is 2.54 bits per heavy atom. The summed E-state index contributed by atoms with van der Waals surface area (Å²) in [7, 11) is 0. The lowest BCUT2D eigenvalue weighted by Gasteiger charge is -2.32. The molecule has 1 saturated heterocycles. The minimum Gasteiger partial charge on any atom is -0.383 e. The second-order valence-corrected chi connectivity index (χ2v) is 9.55. The molecular formula is C30H30FN5O. The molecule has 2 aromatic carbocycles. The number of aromatic nitrogens is 2. The second-order valence-electron chi connectivity index (χ2n) is 9.55. The van der Waals surface area contributed by atoms with Gasteiger partial charge in [-0.25, -0.2) is 9.37 Å². The van der Waals surface area contributed by atoms with Crippen molar-refractivity contribution in [2.45, 2.75) is 32.4 Å². The van der Waals surface area contributed by atoms with Gasteiger partial charge in [0.05, 0.1) is 11.3 Å². The zero-order valence-electron chi connectivity index (χ0n) is 20.8. The minimum absolute atomic E-state index is 0.122. The quantitative estimate of drug-likeness (QED) is 0.382. The van der Waals surface area contributed by atoms with E-state index in [1.54, 1.807) is 30.5 Å². The van der Waals surface area contributed by atoms with Crippen LogP contribution in [0.3, 0.4) is 0 Å². The predicted octanol–water partition coefficient (Wildman–Crippen LogP) is 5.23. The van der Waals surface area contributed by atoms with Crippen LogP contribution in [0.4, 0.5) is 10.2 Å². The zero-order valence-corrected chi connectivity index (χ0v) is 20.8. The maximum atomic E-state index is 13.5. The van der Waals surface area contributed by atoms with Gasteiger partial charge in [0.25, 0.3) is 5.91 Å². The normalized spacial score (nSPS) is 14.4. The number of piperidine rings is 1. The highest BCUT2D eigenvalue weighted by Gasteiger charge is 2.21. The smallest absolute Gasteiger partial charge is 0.253 e. The van der Waals surface area contributed by atoms with Crippen molar-refractivity contribution in [2.24, 2.45) is 0 Å². The molecule has 1 fully saturated rings. The van der Waals surface area contributed by atoms with Crippen LogP contribution in [0.5, 0.6) is 0 Å². The number of nitrogens with zero attached hydrogens (tertiary/aromatic N) is 3. The number of aryl methyl sites for hydroxylation is 1. The summed E-state index contributed by atoms with van der Waals surface area (Å²) in [5.74, 6) is 0.106. The van der Waals surface area contributed by atoms with Crippen molar-refractivity contribution >= 4 is 11.7 Å². The maximum Gasteiger partial charge on any atom is 0.253 e. The van der Waals surface area contributed by atoms with Crippen molar-refractivity contribution in [2.75, 3.05) is 18.8 Å². The van der Waals surface area contributed by atoms with Gasteiger partial charge in [0, 0.05) is 48.7 Å². The van der Waals surface area contributed by atoms with Crippen LogP contribution >= 0.6 is 0 Å².